The summed E-state index contributed by atoms with van der Waals surface area (Å²) >= 11 is 0. The van der Waals surface area contributed by atoms with Crippen LogP contribution in [0.3, 0.4) is 0 Å². The maximum absolute atomic E-state index is 13.1. The Morgan fingerprint density at radius 3 is 1.88 bits per heavy atom. The third-order valence-electron chi connectivity index (χ3n) is 5.17. The molecule has 0 spiro atoms. The molecule has 1 aromatic rings. The number of hydrogen-bond donors (Lipinski definition) is 1. The van der Waals surface area contributed by atoms with Crippen LogP contribution in [0.25, 0.3) is 0 Å². The summed E-state index contributed by atoms with van der Waals surface area (Å²) < 4.78 is 21.7. The molecule has 0 unspecified atom stereocenters. The van der Waals surface area contributed by atoms with Gasteiger partial charge in [0, 0.05) is 27.7 Å². The Morgan fingerprint density at radius 1 is 0.882 bits per heavy atom. The van der Waals surface area contributed by atoms with Crippen molar-refractivity contribution in [1.82, 2.24) is 10.2 Å². The number of benzene rings is 1. The van der Waals surface area contributed by atoms with Crippen LogP contribution in [0.15, 0.2) is 24.3 Å². The van der Waals surface area contributed by atoms with Crippen molar-refractivity contribution >= 4 is 35.6 Å². The Balaban J connectivity index is 2.09. The van der Waals surface area contributed by atoms with Crippen molar-refractivity contribution in [2.24, 2.45) is 0 Å². The lowest BCUT2D eigenvalue weighted by Crippen LogP contribution is -2.70. The first-order valence-electron chi connectivity index (χ1n) is 10.4. The molecule has 12 nitrogen and oxygen atoms in total. The summed E-state index contributed by atoms with van der Waals surface area (Å²) in [6.07, 6.45) is -5.43. The molecule has 1 saturated heterocycles. The number of esters is 3. The molecule has 1 aromatic carbocycles. The number of fused-ring (bicyclic) bond motifs is 1. The minimum atomic E-state index is -1.48. The van der Waals surface area contributed by atoms with Gasteiger partial charge in [-0.2, -0.15) is 0 Å². The van der Waals surface area contributed by atoms with Crippen LogP contribution in [0.5, 0.6) is 0 Å². The van der Waals surface area contributed by atoms with E-state index in [1.54, 1.807) is 12.1 Å². The Hall–Kier alpha value is -3.80. The molecule has 0 radical (unpaired) electrons. The fraction of sp³-hybridized carbons (Fsp3) is 0.455. The van der Waals surface area contributed by atoms with Crippen LogP contribution >= 0.6 is 0 Å². The molecule has 2 aliphatic rings. The van der Waals surface area contributed by atoms with E-state index in [9.17, 15) is 28.8 Å². The molecule has 2 heterocycles. The van der Waals surface area contributed by atoms with Gasteiger partial charge in [-0.05, 0) is 12.1 Å². The lowest BCUT2D eigenvalue weighted by atomic mass is 9.94. The average molecular weight is 476 g/mol. The highest BCUT2D eigenvalue weighted by molar-refractivity contribution is 6.21. The highest BCUT2D eigenvalue weighted by Crippen LogP contribution is 2.33. The molecule has 0 aliphatic carbocycles. The number of hydrogen-bond acceptors (Lipinski definition) is 10. The van der Waals surface area contributed by atoms with E-state index < -0.39 is 72.8 Å². The largest absolute Gasteiger partial charge is 0.463 e. The molecular weight excluding hydrogens is 452 g/mol. The van der Waals surface area contributed by atoms with Gasteiger partial charge in [0.05, 0.1) is 11.1 Å². The monoisotopic (exact) mass is 476 g/mol. The number of rotatable bonds is 6. The SMILES string of the molecule is CC(=O)N[C@@H]1[C@@H](OC(C)=O)[C@H](OC(C)=O)[C@@H](COC(C)=O)O[C@H]1N1C(=O)c2ccccc2C1=O. The minimum Gasteiger partial charge on any atom is -0.463 e. The number of ether oxygens (including phenoxy) is 4. The summed E-state index contributed by atoms with van der Waals surface area (Å²) in [5, 5.41) is 2.53. The van der Waals surface area contributed by atoms with Gasteiger partial charge >= 0.3 is 17.9 Å². The molecular formula is C22H24N2O10. The van der Waals surface area contributed by atoms with Crippen LogP contribution in [-0.2, 0) is 38.1 Å². The van der Waals surface area contributed by atoms with Crippen LogP contribution < -0.4 is 5.32 Å². The molecule has 34 heavy (non-hydrogen) atoms. The predicted molar refractivity (Wildman–Crippen MR) is 111 cm³/mol. The third kappa shape index (κ3) is 5.06. The standard InChI is InChI=1S/C22H24N2O10/c1-10(25)23-17-19(33-13(4)28)18(32-12(3)27)16(9-31-11(2)26)34-22(17)24-20(29)14-7-5-6-8-15(14)21(24)30/h5-8,16-19,22H,9H2,1-4H3,(H,23,25)/t16-,17-,18-,19-,22-/m1/s1. The van der Waals surface area contributed by atoms with Crippen molar-refractivity contribution in [1.29, 1.82) is 0 Å². The van der Waals surface area contributed by atoms with E-state index in [1.807, 2.05) is 0 Å². The predicted octanol–water partition coefficient (Wildman–Crippen LogP) is -0.0613. The van der Waals surface area contributed by atoms with E-state index in [0.29, 0.717) is 0 Å². The topological polar surface area (TPSA) is 155 Å². The highest BCUT2D eigenvalue weighted by Gasteiger charge is 2.56. The Bertz CT molecular complexity index is 1000. The second kappa shape index (κ2) is 10.00. The van der Waals surface area contributed by atoms with Gasteiger partial charge < -0.3 is 24.3 Å². The van der Waals surface area contributed by atoms with Crippen LogP contribution in [0.1, 0.15) is 48.4 Å². The first kappa shape index (κ1) is 24.8. The van der Waals surface area contributed by atoms with Gasteiger partial charge in [-0.1, -0.05) is 12.1 Å². The summed E-state index contributed by atoms with van der Waals surface area (Å²) in [6, 6.07) is 4.80. The maximum Gasteiger partial charge on any atom is 0.303 e. The first-order valence-corrected chi connectivity index (χ1v) is 10.4. The van der Waals surface area contributed by atoms with E-state index in [1.165, 1.54) is 19.1 Å². The average Bonchev–Trinajstić information content (AvgIpc) is 2.99. The van der Waals surface area contributed by atoms with E-state index in [0.717, 1.165) is 25.7 Å². The molecule has 182 valence electrons. The van der Waals surface area contributed by atoms with Crippen molar-refractivity contribution in [3.8, 4) is 0 Å². The fourth-order valence-corrected chi connectivity index (χ4v) is 3.97. The second-order valence-electron chi connectivity index (χ2n) is 7.77. The van der Waals surface area contributed by atoms with Gasteiger partial charge in [-0.25, -0.2) is 4.90 Å². The van der Waals surface area contributed by atoms with Gasteiger partial charge in [0.25, 0.3) is 11.8 Å². The molecule has 0 bridgehead atoms. The van der Waals surface area contributed by atoms with Gasteiger partial charge in [-0.3, -0.25) is 28.8 Å². The summed E-state index contributed by atoms with van der Waals surface area (Å²) in [5.74, 6) is -4.20. The molecule has 0 aromatic heterocycles. The summed E-state index contributed by atoms with van der Waals surface area (Å²) in [4.78, 5) is 74.3. The summed E-state index contributed by atoms with van der Waals surface area (Å²) in [6.45, 7) is 4.09. The normalized spacial score (nSPS) is 25.9. The minimum absolute atomic E-state index is 0.125. The molecule has 12 heteroatoms. The van der Waals surface area contributed by atoms with Gasteiger partial charge in [0.15, 0.2) is 18.4 Å². The van der Waals surface area contributed by atoms with Crippen LogP contribution in [0.2, 0.25) is 0 Å². The van der Waals surface area contributed by atoms with Crippen molar-refractivity contribution in [3.63, 3.8) is 0 Å². The lowest BCUT2D eigenvalue weighted by molar-refractivity contribution is -0.237. The first-order chi connectivity index (χ1) is 16.0. The summed E-state index contributed by atoms with van der Waals surface area (Å²) in [5.41, 5.74) is 0.251. The van der Waals surface area contributed by atoms with Crippen LogP contribution in [0, 0.1) is 0 Å². The lowest BCUT2D eigenvalue weighted by Gasteiger charge is -2.47. The summed E-state index contributed by atoms with van der Waals surface area (Å²) in [7, 11) is 0. The Kier molecular flexibility index (Phi) is 7.30. The second-order valence-corrected chi connectivity index (χ2v) is 7.77. The molecule has 5 atom stereocenters. The molecule has 1 fully saturated rings. The fourth-order valence-electron chi connectivity index (χ4n) is 3.97. The van der Waals surface area contributed by atoms with Crippen molar-refractivity contribution in [2.75, 3.05) is 6.61 Å². The number of carbonyl (C=O) groups is 6. The zero-order valence-electron chi connectivity index (χ0n) is 18.9. The van der Waals surface area contributed by atoms with E-state index in [-0.39, 0.29) is 11.1 Å². The van der Waals surface area contributed by atoms with Gasteiger partial charge in [0.2, 0.25) is 5.91 Å². The zero-order chi connectivity index (χ0) is 25.2. The van der Waals surface area contributed by atoms with E-state index in [4.69, 9.17) is 18.9 Å². The van der Waals surface area contributed by atoms with E-state index in [2.05, 4.69) is 5.32 Å². The van der Waals surface area contributed by atoms with Crippen molar-refractivity contribution in [2.45, 2.75) is 58.3 Å². The number of amides is 3. The third-order valence-corrected chi connectivity index (χ3v) is 5.17. The van der Waals surface area contributed by atoms with Crippen molar-refractivity contribution < 1.29 is 47.7 Å². The quantitative estimate of drug-likeness (QED) is 0.335. The molecule has 0 saturated carbocycles. The van der Waals surface area contributed by atoms with E-state index >= 15 is 0 Å². The number of carbonyl (C=O) groups excluding carboxylic acids is 6. The number of nitrogens with zero attached hydrogens (tertiary/aromatic N) is 1. The van der Waals surface area contributed by atoms with Crippen LogP contribution in [0.4, 0.5) is 0 Å². The maximum atomic E-state index is 13.1. The number of imide groups is 1. The van der Waals surface area contributed by atoms with Crippen LogP contribution in [-0.4, -0.2) is 77.7 Å². The molecule has 3 rings (SSSR count). The van der Waals surface area contributed by atoms with Gasteiger partial charge in [0.1, 0.15) is 18.8 Å². The Morgan fingerprint density at radius 2 is 1.41 bits per heavy atom. The zero-order valence-corrected chi connectivity index (χ0v) is 18.9. The Labute approximate surface area is 194 Å². The van der Waals surface area contributed by atoms with Crippen molar-refractivity contribution in [3.05, 3.63) is 35.4 Å². The van der Waals surface area contributed by atoms with Gasteiger partial charge in [-0.15, -0.1) is 0 Å². The number of nitrogens with one attached hydrogen (secondary N) is 1. The smallest absolute Gasteiger partial charge is 0.303 e. The highest BCUT2D eigenvalue weighted by atomic mass is 16.6. The molecule has 3 amide bonds. The molecule has 1 N–H and O–H groups in total. The molecule has 2 aliphatic heterocycles.